The number of aromatic nitrogens is 3. The Hall–Kier alpha value is -2.64. The minimum atomic E-state index is -0.397. The maximum Gasteiger partial charge on any atom is 0.319 e. The van der Waals surface area contributed by atoms with E-state index in [1.807, 2.05) is 6.92 Å². The second-order valence-electron chi connectivity index (χ2n) is 6.01. The molecule has 7 nitrogen and oxygen atoms in total. The molecule has 0 radical (unpaired) electrons. The predicted octanol–water partition coefficient (Wildman–Crippen LogP) is 2.42. The van der Waals surface area contributed by atoms with E-state index >= 15 is 0 Å². The Morgan fingerprint density at radius 2 is 2.33 bits per heavy atom. The highest BCUT2D eigenvalue weighted by atomic mass is 19.1. The van der Waals surface area contributed by atoms with Gasteiger partial charge in [-0.25, -0.2) is 14.2 Å². The van der Waals surface area contributed by atoms with Crippen LogP contribution >= 0.6 is 0 Å². The maximum atomic E-state index is 13.4. The Bertz CT molecular complexity index is 688. The molecule has 0 spiro atoms. The largest absolute Gasteiger partial charge is 0.491 e. The van der Waals surface area contributed by atoms with Crippen LogP contribution in [0, 0.1) is 11.7 Å². The molecule has 3 rings (SSSR count). The smallest absolute Gasteiger partial charge is 0.319 e. The number of urea groups is 1. The van der Waals surface area contributed by atoms with Crippen LogP contribution in [0.25, 0.3) is 0 Å². The first kappa shape index (κ1) is 16.2. The molecule has 1 aliphatic rings. The van der Waals surface area contributed by atoms with E-state index in [9.17, 15) is 9.18 Å². The summed E-state index contributed by atoms with van der Waals surface area (Å²) in [6.45, 7) is 2.90. The number of carbonyl (C=O) groups is 1. The summed E-state index contributed by atoms with van der Waals surface area (Å²) in [6, 6.07) is 3.54. The highest BCUT2D eigenvalue weighted by molar-refractivity contribution is 5.91. The number of nitrogens with zero attached hydrogens (tertiary/aromatic N) is 3. The first-order valence-corrected chi connectivity index (χ1v) is 7.92. The summed E-state index contributed by atoms with van der Waals surface area (Å²) in [5.74, 6) is 0.491. The fourth-order valence-electron chi connectivity index (χ4n) is 2.25. The van der Waals surface area contributed by atoms with Crippen molar-refractivity contribution < 1.29 is 13.9 Å². The number of hydrogen-bond donors (Lipinski definition) is 2. The van der Waals surface area contributed by atoms with Crippen molar-refractivity contribution in [2.24, 2.45) is 5.92 Å². The van der Waals surface area contributed by atoms with Crippen molar-refractivity contribution in [3.8, 4) is 5.75 Å². The van der Waals surface area contributed by atoms with Crippen LogP contribution in [0.2, 0.25) is 0 Å². The molecule has 1 unspecified atom stereocenters. The number of amides is 2. The lowest BCUT2D eigenvalue weighted by Crippen LogP contribution is -2.38. The molecule has 1 atom stereocenters. The van der Waals surface area contributed by atoms with Gasteiger partial charge in [-0.15, -0.1) is 0 Å². The number of carbonyl (C=O) groups excluding carboxylic acids is 1. The monoisotopic (exact) mass is 333 g/mol. The Labute approximate surface area is 139 Å². The highest BCUT2D eigenvalue weighted by Crippen LogP contribution is 2.32. The van der Waals surface area contributed by atoms with E-state index < -0.39 is 5.82 Å². The Morgan fingerprint density at radius 3 is 3.04 bits per heavy atom. The highest BCUT2D eigenvalue weighted by Gasteiger charge is 2.22. The van der Waals surface area contributed by atoms with Crippen molar-refractivity contribution in [3.05, 3.63) is 36.7 Å². The van der Waals surface area contributed by atoms with Crippen molar-refractivity contribution in [2.45, 2.75) is 32.4 Å². The zero-order valence-corrected chi connectivity index (χ0v) is 13.4. The number of halogens is 1. The normalized spacial score (nSPS) is 14.9. The SMILES string of the molecule is CC(Cn1cncn1)NC(=O)Nc1ccc(F)cc1OCC1CC1. The van der Waals surface area contributed by atoms with E-state index in [1.54, 1.807) is 11.0 Å². The summed E-state index contributed by atoms with van der Waals surface area (Å²) >= 11 is 0. The van der Waals surface area contributed by atoms with E-state index in [4.69, 9.17) is 4.74 Å². The van der Waals surface area contributed by atoms with Crippen LogP contribution in [0.4, 0.5) is 14.9 Å². The van der Waals surface area contributed by atoms with Gasteiger partial charge < -0.3 is 15.4 Å². The molecule has 0 saturated heterocycles. The molecule has 2 amide bonds. The van der Waals surface area contributed by atoms with Crippen molar-refractivity contribution in [2.75, 3.05) is 11.9 Å². The molecular weight excluding hydrogens is 313 g/mol. The number of benzene rings is 1. The topological polar surface area (TPSA) is 81.1 Å². The van der Waals surface area contributed by atoms with Crippen molar-refractivity contribution in [3.63, 3.8) is 0 Å². The van der Waals surface area contributed by atoms with Crippen molar-refractivity contribution in [1.82, 2.24) is 20.1 Å². The van der Waals surface area contributed by atoms with Crippen LogP contribution in [0.15, 0.2) is 30.9 Å². The molecule has 1 aromatic heterocycles. The summed E-state index contributed by atoms with van der Waals surface area (Å²) in [5.41, 5.74) is 0.447. The molecule has 1 aliphatic carbocycles. The molecule has 1 heterocycles. The Morgan fingerprint density at radius 1 is 1.50 bits per heavy atom. The number of nitrogens with one attached hydrogen (secondary N) is 2. The average molecular weight is 333 g/mol. The van der Waals surface area contributed by atoms with Gasteiger partial charge in [0.1, 0.15) is 24.2 Å². The van der Waals surface area contributed by atoms with E-state index in [1.165, 1.54) is 24.5 Å². The van der Waals surface area contributed by atoms with Crippen molar-refractivity contribution in [1.29, 1.82) is 0 Å². The molecule has 128 valence electrons. The van der Waals surface area contributed by atoms with Gasteiger partial charge in [0.25, 0.3) is 0 Å². The third-order valence-electron chi connectivity index (χ3n) is 3.67. The van der Waals surface area contributed by atoms with Gasteiger partial charge in [0.2, 0.25) is 0 Å². The summed E-state index contributed by atoms with van der Waals surface area (Å²) < 4.78 is 20.7. The second kappa shape index (κ2) is 7.29. The second-order valence-corrected chi connectivity index (χ2v) is 6.01. The first-order valence-electron chi connectivity index (χ1n) is 7.92. The number of anilines is 1. The molecule has 0 bridgehead atoms. The van der Waals surface area contributed by atoms with Crippen LogP contribution in [0.5, 0.6) is 5.75 Å². The minimum absolute atomic E-state index is 0.150. The summed E-state index contributed by atoms with van der Waals surface area (Å²) in [6.07, 6.45) is 5.30. The fourth-order valence-corrected chi connectivity index (χ4v) is 2.25. The molecule has 24 heavy (non-hydrogen) atoms. The fraction of sp³-hybridized carbons (Fsp3) is 0.438. The van der Waals surface area contributed by atoms with Gasteiger partial charge in [0, 0.05) is 12.1 Å². The number of ether oxygens (including phenoxy) is 1. The zero-order chi connectivity index (χ0) is 16.9. The summed E-state index contributed by atoms with van der Waals surface area (Å²) in [5, 5.41) is 9.49. The molecule has 2 aromatic rings. The molecule has 1 aromatic carbocycles. The van der Waals surface area contributed by atoms with Crippen LogP contribution < -0.4 is 15.4 Å². The zero-order valence-electron chi connectivity index (χ0n) is 13.4. The quantitative estimate of drug-likeness (QED) is 0.815. The van der Waals surface area contributed by atoms with Crippen LogP contribution in [-0.4, -0.2) is 33.4 Å². The average Bonchev–Trinajstić information content (AvgIpc) is 3.23. The van der Waals surface area contributed by atoms with Gasteiger partial charge in [-0.1, -0.05) is 0 Å². The third kappa shape index (κ3) is 4.68. The minimum Gasteiger partial charge on any atom is -0.491 e. The Balaban J connectivity index is 1.56. The predicted molar refractivity (Wildman–Crippen MR) is 86.3 cm³/mol. The maximum absolute atomic E-state index is 13.4. The van der Waals surface area contributed by atoms with Gasteiger partial charge in [-0.05, 0) is 37.8 Å². The first-order chi connectivity index (χ1) is 11.6. The molecule has 1 fully saturated rings. The van der Waals surface area contributed by atoms with Crippen LogP contribution in [-0.2, 0) is 6.54 Å². The van der Waals surface area contributed by atoms with E-state index in [-0.39, 0.29) is 12.1 Å². The van der Waals surface area contributed by atoms with Gasteiger partial charge in [0.15, 0.2) is 0 Å². The van der Waals surface area contributed by atoms with Gasteiger partial charge in [0.05, 0.1) is 18.8 Å². The van der Waals surface area contributed by atoms with E-state index in [0.29, 0.717) is 30.5 Å². The van der Waals surface area contributed by atoms with Gasteiger partial charge in [-0.3, -0.25) is 4.68 Å². The molecule has 1 saturated carbocycles. The molecule has 0 aliphatic heterocycles. The summed E-state index contributed by atoms with van der Waals surface area (Å²) in [7, 11) is 0. The van der Waals surface area contributed by atoms with Crippen LogP contribution in [0.3, 0.4) is 0 Å². The standard InChI is InChI=1S/C16H20FN5O2/c1-11(7-22-10-18-9-19-22)20-16(23)21-14-5-4-13(17)6-15(14)24-8-12-2-3-12/h4-6,9-12H,2-3,7-8H2,1H3,(H2,20,21,23). The molecular formula is C16H20FN5O2. The van der Waals surface area contributed by atoms with Crippen LogP contribution in [0.1, 0.15) is 19.8 Å². The van der Waals surface area contributed by atoms with E-state index in [0.717, 1.165) is 12.8 Å². The summed E-state index contributed by atoms with van der Waals surface area (Å²) in [4.78, 5) is 16.0. The van der Waals surface area contributed by atoms with Gasteiger partial charge in [-0.2, -0.15) is 5.10 Å². The number of rotatable bonds is 7. The lowest BCUT2D eigenvalue weighted by Gasteiger charge is -2.16. The lowest BCUT2D eigenvalue weighted by atomic mass is 10.2. The lowest BCUT2D eigenvalue weighted by molar-refractivity contribution is 0.247. The molecule has 8 heteroatoms. The number of hydrogen-bond acceptors (Lipinski definition) is 4. The Kier molecular flexibility index (Phi) is 4.93. The molecule has 2 N–H and O–H groups in total. The third-order valence-corrected chi connectivity index (χ3v) is 3.67. The van der Waals surface area contributed by atoms with Crippen molar-refractivity contribution >= 4 is 11.7 Å². The van der Waals surface area contributed by atoms with E-state index in [2.05, 4.69) is 20.7 Å². The van der Waals surface area contributed by atoms with Gasteiger partial charge >= 0.3 is 6.03 Å².